The van der Waals surface area contributed by atoms with Crippen LogP contribution in [0.1, 0.15) is 28.4 Å². The van der Waals surface area contributed by atoms with E-state index in [0.717, 1.165) is 5.56 Å². The second-order valence-electron chi connectivity index (χ2n) is 5.28. The summed E-state index contributed by atoms with van der Waals surface area (Å²) in [5.41, 5.74) is 0.723. The van der Waals surface area contributed by atoms with Gasteiger partial charge in [-0.3, -0.25) is 4.79 Å². The number of rotatable bonds is 4. The number of para-hydroxylation sites is 1. The molecule has 0 bridgehead atoms. The molecule has 0 saturated carbocycles. The Morgan fingerprint density at radius 3 is 2.43 bits per heavy atom. The van der Waals surface area contributed by atoms with Crippen molar-refractivity contribution in [3.05, 3.63) is 65.2 Å². The smallest absolute Gasteiger partial charge is 0.255 e. The van der Waals surface area contributed by atoms with Crippen LogP contribution >= 0.6 is 0 Å². The quantitative estimate of drug-likeness (QED) is 0.807. The van der Waals surface area contributed by atoms with Crippen molar-refractivity contribution in [3.8, 4) is 5.75 Å². The van der Waals surface area contributed by atoms with Gasteiger partial charge in [0.15, 0.2) is 0 Å². The Bertz CT molecular complexity index is 640. The van der Waals surface area contributed by atoms with Gasteiger partial charge in [-0.2, -0.15) is 0 Å². The van der Waals surface area contributed by atoms with Crippen LogP contribution in [0.2, 0.25) is 0 Å². The Morgan fingerprint density at radius 2 is 1.81 bits per heavy atom. The predicted molar refractivity (Wildman–Crippen MR) is 81.2 cm³/mol. The first-order valence-electron chi connectivity index (χ1n) is 6.75. The molecule has 4 heteroatoms. The number of benzene rings is 2. The largest absolute Gasteiger partial charge is 0.507 e. The molecule has 4 nitrogen and oxygen atoms in total. The first-order chi connectivity index (χ1) is 9.98. The van der Waals surface area contributed by atoms with E-state index in [1.54, 1.807) is 32.0 Å². The fourth-order valence-corrected chi connectivity index (χ4v) is 2.17. The zero-order valence-electron chi connectivity index (χ0n) is 12.1. The predicted octanol–water partition coefficient (Wildman–Crippen LogP) is 2.34. The average molecular weight is 285 g/mol. The van der Waals surface area contributed by atoms with Gasteiger partial charge in [-0.15, -0.1) is 0 Å². The van der Waals surface area contributed by atoms with Gasteiger partial charge in [0.1, 0.15) is 5.75 Å². The molecular weight excluding hydrogens is 266 g/mol. The van der Waals surface area contributed by atoms with Crippen molar-refractivity contribution in [2.24, 2.45) is 0 Å². The molecule has 0 aliphatic rings. The minimum absolute atomic E-state index is 0.0386. The monoisotopic (exact) mass is 285 g/mol. The molecule has 2 aromatic carbocycles. The lowest BCUT2D eigenvalue weighted by Gasteiger charge is -2.29. The van der Waals surface area contributed by atoms with Crippen LogP contribution in [0.15, 0.2) is 48.5 Å². The van der Waals surface area contributed by atoms with Crippen molar-refractivity contribution in [1.82, 2.24) is 5.32 Å². The molecule has 1 atom stereocenters. The third-order valence-corrected chi connectivity index (χ3v) is 3.60. The lowest BCUT2D eigenvalue weighted by atomic mass is 9.92. The highest BCUT2D eigenvalue weighted by atomic mass is 16.3. The Morgan fingerprint density at radius 1 is 1.14 bits per heavy atom. The highest BCUT2D eigenvalue weighted by Crippen LogP contribution is 2.24. The van der Waals surface area contributed by atoms with Crippen LogP contribution in [-0.2, 0) is 5.54 Å². The van der Waals surface area contributed by atoms with Crippen LogP contribution in [0, 0.1) is 6.92 Å². The fraction of sp³-hybridized carbons (Fsp3) is 0.235. The van der Waals surface area contributed by atoms with E-state index in [0.29, 0.717) is 5.56 Å². The van der Waals surface area contributed by atoms with Crippen molar-refractivity contribution in [1.29, 1.82) is 0 Å². The van der Waals surface area contributed by atoms with Gasteiger partial charge in [0.25, 0.3) is 5.91 Å². The Kier molecular flexibility index (Phi) is 4.29. The van der Waals surface area contributed by atoms with Crippen molar-refractivity contribution < 1.29 is 15.0 Å². The maximum absolute atomic E-state index is 12.4. The molecule has 21 heavy (non-hydrogen) atoms. The summed E-state index contributed by atoms with van der Waals surface area (Å²) in [6.45, 7) is 3.23. The summed E-state index contributed by atoms with van der Waals surface area (Å²) >= 11 is 0. The van der Waals surface area contributed by atoms with Gasteiger partial charge in [-0.25, -0.2) is 0 Å². The summed E-state index contributed by atoms with van der Waals surface area (Å²) in [4.78, 5) is 12.4. The molecular formula is C17H19NO3. The van der Waals surface area contributed by atoms with E-state index in [9.17, 15) is 15.0 Å². The number of aryl methyl sites for hydroxylation is 1. The minimum atomic E-state index is -0.908. The highest BCUT2D eigenvalue weighted by Gasteiger charge is 2.29. The van der Waals surface area contributed by atoms with E-state index in [4.69, 9.17) is 0 Å². The van der Waals surface area contributed by atoms with E-state index in [1.165, 1.54) is 0 Å². The van der Waals surface area contributed by atoms with Crippen LogP contribution < -0.4 is 5.32 Å². The molecule has 0 heterocycles. The summed E-state index contributed by atoms with van der Waals surface area (Å²) in [5.74, 6) is -0.458. The molecule has 0 fully saturated rings. The van der Waals surface area contributed by atoms with Crippen molar-refractivity contribution >= 4 is 5.91 Å². The molecule has 2 aromatic rings. The molecule has 0 radical (unpaired) electrons. The van der Waals surface area contributed by atoms with Crippen molar-refractivity contribution in [2.45, 2.75) is 19.4 Å². The lowest BCUT2D eigenvalue weighted by molar-refractivity contribution is 0.0847. The number of aliphatic hydroxyl groups is 1. The van der Waals surface area contributed by atoms with Crippen LogP contribution in [0.5, 0.6) is 5.75 Å². The van der Waals surface area contributed by atoms with E-state index in [-0.39, 0.29) is 17.9 Å². The molecule has 0 aliphatic heterocycles. The van der Waals surface area contributed by atoms with Crippen LogP contribution in [0.3, 0.4) is 0 Å². The number of hydrogen-bond acceptors (Lipinski definition) is 3. The van der Waals surface area contributed by atoms with Gasteiger partial charge in [-0.1, -0.05) is 42.5 Å². The summed E-state index contributed by atoms with van der Waals surface area (Å²) in [6.07, 6.45) is 0. The Balaban J connectivity index is 2.30. The van der Waals surface area contributed by atoms with E-state index < -0.39 is 11.4 Å². The molecule has 1 unspecified atom stereocenters. The first kappa shape index (κ1) is 15.1. The van der Waals surface area contributed by atoms with Gasteiger partial charge in [0.05, 0.1) is 17.7 Å². The first-order valence-corrected chi connectivity index (χ1v) is 6.75. The third-order valence-electron chi connectivity index (χ3n) is 3.60. The molecule has 2 rings (SSSR count). The number of phenols is 1. The van der Waals surface area contributed by atoms with E-state index >= 15 is 0 Å². The molecule has 0 spiro atoms. The van der Waals surface area contributed by atoms with Crippen molar-refractivity contribution in [3.63, 3.8) is 0 Å². The van der Waals surface area contributed by atoms with Crippen molar-refractivity contribution in [2.75, 3.05) is 6.61 Å². The minimum Gasteiger partial charge on any atom is -0.507 e. The number of hydrogen-bond donors (Lipinski definition) is 3. The van der Waals surface area contributed by atoms with Gasteiger partial charge in [0, 0.05) is 0 Å². The molecule has 0 aliphatic carbocycles. The summed E-state index contributed by atoms with van der Waals surface area (Å²) in [5, 5.41) is 22.5. The number of amides is 1. The zero-order chi connectivity index (χ0) is 15.5. The molecule has 3 N–H and O–H groups in total. The van der Waals surface area contributed by atoms with Crippen LogP contribution in [0.25, 0.3) is 0 Å². The van der Waals surface area contributed by atoms with Crippen LogP contribution in [-0.4, -0.2) is 22.7 Å². The maximum atomic E-state index is 12.4. The summed E-state index contributed by atoms with van der Waals surface area (Å²) < 4.78 is 0. The Hall–Kier alpha value is -2.33. The number of carbonyl (C=O) groups excluding carboxylic acids is 1. The molecule has 1 amide bonds. The van der Waals surface area contributed by atoms with Gasteiger partial charge in [-0.05, 0) is 31.0 Å². The highest BCUT2D eigenvalue weighted by molar-refractivity contribution is 5.97. The zero-order valence-corrected chi connectivity index (χ0v) is 12.1. The number of aliphatic hydroxyl groups excluding tert-OH is 1. The molecule has 0 aromatic heterocycles. The number of nitrogens with one attached hydrogen (secondary N) is 1. The normalized spacial score (nSPS) is 13.5. The second kappa shape index (κ2) is 5.97. The van der Waals surface area contributed by atoms with E-state index in [2.05, 4.69) is 5.32 Å². The third kappa shape index (κ3) is 3.06. The molecule has 0 saturated heterocycles. The number of carbonyl (C=O) groups is 1. The SMILES string of the molecule is Cc1cccc(C(=O)NC(C)(CO)c2ccccc2)c1O. The number of phenolic OH excluding ortho intramolecular Hbond substituents is 1. The maximum Gasteiger partial charge on any atom is 0.255 e. The van der Waals surface area contributed by atoms with Gasteiger partial charge >= 0.3 is 0 Å². The summed E-state index contributed by atoms with van der Waals surface area (Å²) in [6, 6.07) is 14.2. The Labute approximate surface area is 124 Å². The average Bonchev–Trinajstić information content (AvgIpc) is 2.50. The van der Waals surface area contributed by atoms with E-state index in [1.807, 2.05) is 30.3 Å². The summed E-state index contributed by atoms with van der Waals surface area (Å²) in [7, 11) is 0. The molecule has 110 valence electrons. The number of aromatic hydroxyl groups is 1. The topological polar surface area (TPSA) is 69.6 Å². The fourth-order valence-electron chi connectivity index (χ4n) is 2.17. The van der Waals surface area contributed by atoms with Gasteiger partial charge < -0.3 is 15.5 Å². The van der Waals surface area contributed by atoms with Crippen LogP contribution in [0.4, 0.5) is 0 Å². The van der Waals surface area contributed by atoms with Gasteiger partial charge in [0.2, 0.25) is 0 Å². The lowest BCUT2D eigenvalue weighted by Crippen LogP contribution is -2.46. The second-order valence-corrected chi connectivity index (χ2v) is 5.28. The standard InChI is InChI=1S/C17H19NO3/c1-12-7-6-10-14(15(12)20)16(21)18-17(2,11-19)13-8-4-3-5-9-13/h3-10,19-20H,11H2,1-2H3,(H,18,21).